The third kappa shape index (κ3) is 3.23. The van der Waals surface area contributed by atoms with E-state index >= 15 is 0 Å². The van der Waals surface area contributed by atoms with Gasteiger partial charge in [-0.3, -0.25) is 9.59 Å². The van der Waals surface area contributed by atoms with Crippen LogP contribution in [-0.2, 0) is 16.0 Å². The second-order valence-electron chi connectivity index (χ2n) is 2.81. The summed E-state index contributed by atoms with van der Waals surface area (Å²) in [7, 11) is 0. The van der Waals surface area contributed by atoms with Crippen molar-refractivity contribution in [2.24, 2.45) is 0 Å². The zero-order valence-corrected chi connectivity index (χ0v) is 7.51. The first-order valence-electron chi connectivity index (χ1n) is 4.15. The molecule has 0 aliphatic carbocycles. The predicted octanol–water partition coefficient (Wildman–Crippen LogP) is 1.53. The lowest BCUT2D eigenvalue weighted by Gasteiger charge is -1.98. The highest BCUT2D eigenvalue weighted by atomic mass is 16.4. The van der Waals surface area contributed by atoms with Crippen molar-refractivity contribution in [3.63, 3.8) is 0 Å². The molecule has 0 spiro atoms. The number of carbonyl (C=O) groups is 2. The van der Waals surface area contributed by atoms with E-state index in [-0.39, 0.29) is 6.42 Å². The van der Waals surface area contributed by atoms with Gasteiger partial charge in [-0.25, -0.2) is 0 Å². The fourth-order valence-electron chi connectivity index (χ4n) is 1.13. The Bertz CT molecular complexity index is 367. The Labute approximate surface area is 81.7 Å². The number of carbonyl (C=O) groups excluding carboxylic acids is 1. The maximum Gasteiger partial charge on any atom is 0.307 e. The molecule has 3 nitrogen and oxygen atoms in total. The van der Waals surface area contributed by atoms with E-state index in [9.17, 15) is 9.59 Å². The van der Waals surface area contributed by atoms with Crippen LogP contribution in [0.3, 0.4) is 0 Å². The zero-order chi connectivity index (χ0) is 10.4. The van der Waals surface area contributed by atoms with Crippen molar-refractivity contribution in [3.8, 4) is 0 Å². The highest BCUT2D eigenvalue weighted by molar-refractivity contribution is 5.74. The molecule has 0 heterocycles. The molecule has 0 radical (unpaired) electrons. The molecule has 3 heteroatoms. The minimum absolute atomic E-state index is 0.00275. The Morgan fingerprint density at radius 1 is 1.43 bits per heavy atom. The molecule has 0 fully saturated rings. The van der Waals surface area contributed by atoms with Crippen molar-refractivity contribution in [1.82, 2.24) is 0 Å². The lowest BCUT2D eigenvalue weighted by Crippen LogP contribution is -1.99. The number of allylic oxidation sites excluding steroid dienone is 1. The molecule has 0 amide bonds. The van der Waals surface area contributed by atoms with Crippen LogP contribution in [0, 0.1) is 0 Å². The smallest absolute Gasteiger partial charge is 0.307 e. The topological polar surface area (TPSA) is 54.4 Å². The highest BCUT2D eigenvalue weighted by Crippen LogP contribution is 2.07. The van der Waals surface area contributed by atoms with E-state index in [1.165, 1.54) is 6.08 Å². The SMILES string of the molecule is O=CC=Cc1cccc(CC(=O)O)c1. The minimum atomic E-state index is -0.860. The van der Waals surface area contributed by atoms with Gasteiger partial charge in [-0.2, -0.15) is 0 Å². The fourth-order valence-corrected chi connectivity index (χ4v) is 1.13. The van der Waals surface area contributed by atoms with Crippen molar-refractivity contribution in [3.05, 3.63) is 41.5 Å². The molecule has 14 heavy (non-hydrogen) atoms. The first-order chi connectivity index (χ1) is 6.72. The van der Waals surface area contributed by atoms with Crippen LogP contribution < -0.4 is 0 Å². The summed E-state index contributed by atoms with van der Waals surface area (Å²) < 4.78 is 0. The van der Waals surface area contributed by atoms with E-state index in [0.717, 1.165) is 11.1 Å². The van der Waals surface area contributed by atoms with Crippen LogP contribution in [0.1, 0.15) is 11.1 Å². The number of hydrogen-bond donors (Lipinski definition) is 1. The number of benzene rings is 1. The Hall–Kier alpha value is -1.90. The number of carboxylic acids is 1. The van der Waals surface area contributed by atoms with Gasteiger partial charge in [-0.05, 0) is 17.2 Å². The average Bonchev–Trinajstić information content (AvgIpc) is 2.14. The van der Waals surface area contributed by atoms with E-state index in [1.54, 1.807) is 24.3 Å². The first kappa shape index (κ1) is 10.2. The Kier molecular flexibility index (Phi) is 3.61. The molecule has 1 N–H and O–H groups in total. The molecular weight excluding hydrogens is 180 g/mol. The van der Waals surface area contributed by atoms with Gasteiger partial charge in [0.25, 0.3) is 0 Å². The first-order valence-corrected chi connectivity index (χ1v) is 4.15. The maximum absolute atomic E-state index is 10.4. The molecule has 1 aromatic rings. The lowest BCUT2D eigenvalue weighted by molar-refractivity contribution is -0.136. The molecule has 72 valence electrons. The standard InChI is InChI=1S/C11H10O3/c12-6-2-5-9-3-1-4-10(7-9)8-11(13)14/h1-7H,8H2,(H,13,14). The fraction of sp³-hybridized carbons (Fsp3) is 0.0909. The maximum atomic E-state index is 10.4. The molecule has 0 unspecified atom stereocenters. The van der Waals surface area contributed by atoms with Gasteiger partial charge < -0.3 is 5.11 Å². The number of rotatable bonds is 4. The third-order valence-electron chi connectivity index (χ3n) is 1.67. The van der Waals surface area contributed by atoms with Crippen LogP contribution >= 0.6 is 0 Å². The lowest BCUT2D eigenvalue weighted by atomic mass is 10.1. The molecule has 0 aliphatic heterocycles. The summed E-state index contributed by atoms with van der Waals surface area (Å²) in [5.74, 6) is -0.860. The van der Waals surface area contributed by atoms with Gasteiger partial charge in [0.15, 0.2) is 0 Å². The van der Waals surface area contributed by atoms with E-state index < -0.39 is 5.97 Å². The average molecular weight is 190 g/mol. The van der Waals surface area contributed by atoms with Crippen LogP contribution in [0.4, 0.5) is 0 Å². The summed E-state index contributed by atoms with van der Waals surface area (Å²) in [5, 5.41) is 8.56. The Balaban J connectivity index is 2.83. The summed E-state index contributed by atoms with van der Waals surface area (Å²) in [6, 6.07) is 7.06. The van der Waals surface area contributed by atoms with Gasteiger partial charge in [0.05, 0.1) is 6.42 Å². The summed E-state index contributed by atoms with van der Waals surface area (Å²) >= 11 is 0. The number of aliphatic carboxylic acids is 1. The zero-order valence-electron chi connectivity index (χ0n) is 7.51. The monoisotopic (exact) mass is 190 g/mol. The molecule has 0 saturated heterocycles. The van der Waals surface area contributed by atoms with Crippen molar-refractivity contribution in [2.45, 2.75) is 6.42 Å². The molecule has 0 aliphatic rings. The molecule has 0 aromatic heterocycles. The van der Waals surface area contributed by atoms with Crippen LogP contribution in [0.25, 0.3) is 6.08 Å². The van der Waals surface area contributed by atoms with Crippen LogP contribution in [0.5, 0.6) is 0 Å². The van der Waals surface area contributed by atoms with E-state index in [1.807, 2.05) is 6.07 Å². The second kappa shape index (κ2) is 4.97. The van der Waals surface area contributed by atoms with Crippen molar-refractivity contribution >= 4 is 18.3 Å². The van der Waals surface area contributed by atoms with Crippen LogP contribution in [0.2, 0.25) is 0 Å². The van der Waals surface area contributed by atoms with E-state index in [0.29, 0.717) is 6.29 Å². The Morgan fingerprint density at radius 2 is 2.21 bits per heavy atom. The van der Waals surface area contributed by atoms with Gasteiger partial charge in [-0.15, -0.1) is 0 Å². The predicted molar refractivity (Wildman–Crippen MR) is 52.9 cm³/mol. The van der Waals surface area contributed by atoms with Crippen molar-refractivity contribution in [1.29, 1.82) is 0 Å². The summed E-state index contributed by atoms with van der Waals surface area (Å²) in [6.45, 7) is 0. The van der Waals surface area contributed by atoms with E-state index in [4.69, 9.17) is 5.11 Å². The number of hydrogen-bond acceptors (Lipinski definition) is 2. The molecule has 1 aromatic carbocycles. The number of carboxylic acid groups (broad SMARTS) is 1. The van der Waals surface area contributed by atoms with Crippen molar-refractivity contribution in [2.75, 3.05) is 0 Å². The van der Waals surface area contributed by atoms with Gasteiger partial charge in [0.1, 0.15) is 6.29 Å². The normalized spacial score (nSPS) is 10.3. The summed E-state index contributed by atoms with van der Waals surface area (Å²) in [6.07, 6.45) is 3.70. The van der Waals surface area contributed by atoms with Gasteiger partial charge >= 0.3 is 5.97 Å². The van der Waals surface area contributed by atoms with Gasteiger partial charge in [0.2, 0.25) is 0 Å². The highest BCUT2D eigenvalue weighted by Gasteiger charge is 1.99. The minimum Gasteiger partial charge on any atom is -0.481 e. The van der Waals surface area contributed by atoms with E-state index in [2.05, 4.69) is 0 Å². The molecular formula is C11H10O3. The number of aldehydes is 1. The third-order valence-corrected chi connectivity index (χ3v) is 1.67. The molecule has 0 bridgehead atoms. The van der Waals surface area contributed by atoms with Crippen molar-refractivity contribution < 1.29 is 14.7 Å². The quantitative estimate of drug-likeness (QED) is 0.578. The molecule has 0 atom stereocenters. The van der Waals surface area contributed by atoms with Gasteiger partial charge in [0, 0.05) is 0 Å². The summed E-state index contributed by atoms with van der Waals surface area (Å²) in [4.78, 5) is 20.5. The van der Waals surface area contributed by atoms with Crippen LogP contribution in [-0.4, -0.2) is 17.4 Å². The molecule has 0 saturated carbocycles. The van der Waals surface area contributed by atoms with Crippen LogP contribution in [0.15, 0.2) is 30.3 Å². The Morgan fingerprint density at radius 3 is 2.86 bits per heavy atom. The van der Waals surface area contributed by atoms with Gasteiger partial charge in [-0.1, -0.05) is 30.3 Å². The summed E-state index contributed by atoms with van der Waals surface area (Å²) in [5.41, 5.74) is 1.56. The largest absolute Gasteiger partial charge is 0.481 e. The second-order valence-corrected chi connectivity index (χ2v) is 2.81. The molecule has 1 rings (SSSR count).